The summed E-state index contributed by atoms with van der Waals surface area (Å²) in [6, 6.07) is 5.69. The van der Waals surface area contributed by atoms with E-state index < -0.39 is 42.7 Å². The van der Waals surface area contributed by atoms with Crippen LogP contribution >= 0.6 is 0 Å². The number of Topliss-reactive ketones (excluding diaryl/α,β-unsaturated/α-hetero) is 1. The van der Waals surface area contributed by atoms with Crippen LogP contribution < -0.4 is 24.8 Å². The zero-order valence-corrected chi connectivity index (χ0v) is 34.9. The van der Waals surface area contributed by atoms with E-state index in [1.54, 1.807) is 14.0 Å². The molecule has 1 saturated carbocycles. The maximum Gasteiger partial charge on any atom is 0.375 e. The Kier molecular flexibility index (Phi) is 13.9. The van der Waals surface area contributed by atoms with Crippen LogP contribution in [0.1, 0.15) is 86.5 Å². The molecule has 0 bridgehead atoms. The van der Waals surface area contributed by atoms with Crippen molar-refractivity contribution in [1.82, 2.24) is 4.90 Å². The van der Waals surface area contributed by atoms with Gasteiger partial charge in [0.25, 0.3) is 0 Å². The summed E-state index contributed by atoms with van der Waals surface area (Å²) in [5.41, 5.74) is 1.34. The van der Waals surface area contributed by atoms with Crippen molar-refractivity contribution in [1.29, 1.82) is 0 Å². The van der Waals surface area contributed by atoms with Gasteiger partial charge < -0.3 is 49.0 Å². The largest absolute Gasteiger partial charge is 0.496 e. The molecule has 5 aliphatic rings. The summed E-state index contributed by atoms with van der Waals surface area (Å²) in [5.74, 6) is -2.44. The molecule has 0 spiro atoms. The number of aliphatic hydroxyl groups is 4. The van der Waals surface area contributed by atoms with E-state index in [2.05, 4.69) is 9.89 Å². The summed E-state index contributed by atoms with van der Waals surface area (Å²) in [6.45, 7) is 4.31. The topological polar surface area (TPSA) is 194 Å². The number of methoxy groups -OCH3 is 2. The van der Waals surface area contributed by atoms with E-state index in [4.69, 9.17) is 23.7 Å². The molecule has 14 heteroatoms. The van der Waals surface area contributed by atoms with Crippen LogP contribution in [0.25, 0.3) is 11.6 Å². The second kappa shape index (κ2) is 19.1. The number of nitrogens with zero attached hydrogens (tertiary/aromatic N) is 2. The summed E-state index contributed by atoms with van der Waals surface area (Å²) in [6.07, 6.45) is 6.04. The van der Waals surface area contributed by atoms with Gasteiger partial charge in [0.15, 0.2) is 6.29 Å². The molecular weight excluding hydrogens is 773 g/mol. The highest BCUT2D eigenvalue weighted by Gasteiger charge is 2.51. The third kappa shape index (κ3) is 8.17. The van der Waals surface area contributed by atoms with Gasteiger partial charge in [-0.2, -0.15) is 0 Å². The number of ketones is 1. The Bertz CT molecular complexity index is 2160. The Labute approximate surface area is 350 Å². The van der Waals surface area contributed by atoms with Gasteiger partial charge in [-0.1, -0.05) is 17.7 Å². The minimum Gasteiger partial charge on any atom is -0.496 e. The number of hydrogen-bond donors (Lipinski definition) is 4. The molecule has 4 heterocycles. The Hall–Kier alpha value is -4.44. The molecule has 14 nitrogen and oxygen atoms in total. The van der Waals surface area contributed by atoms with Crippen LogP contribution in [0.15, 0.2) is 40.1 Å². The minimum atomic E-state index is -1.32. The number of carbonyl (C=O) groups is 3. The van der Waals surface area contributed by atoms with E-state index in [0.717, 1.165) is 55.0 Å². The van der Waals surface area contributed by atoms with E-state index in [1.165, 1.54) is 7.11 Å². The number of likely N-dealkylation sites (tertiary alicyclic amines) is 1. The van der Waals surface area contributed by atoms with Crippen molar-refractivity contribution in [3.05, 3.63) is 67.9 Å². The number of benzene rings is 2. The minimum absolute atomic E-state index is 0.00646. The molecule has 60 heavy (non-hydrogen) atoms. The number of piperidine rings is 1. The van der Waals surface area contributed by atoms with Gasteiger partial charge >= 0.3 is 5.97 Å². The van der Waals surface area contributed by atoms with Crippen LogP contribution in [0.5, 0.6) is 17.2 Å². The molecule has 0 radical (unpaired) electrons. The van der Waals surface area contributed by atoms with Gasteiger partial charge in [-0.3, -0.25) is 14.6 Å². The molecule has 2 aromatic carbocycles. The molecule has 1 saturated heterocycles. The predicted octanol–water partition coefficient (Wildman–Crippen LogP) is 2.46. The van der Waals surface area contributed by atoms with E-state index in [1.807, 2.05) is 24.3 Å². The monoisotopic (exact) mass is 830 g/mol. The zero-order valence-electron chi connectivity index (χ0n) is 34.9. The third-order valence-electron chi connectivity index (χ3n) is 13.1. The molecule has 4 N–H and O–H groups in total. The van der Waals surface area contributed by atoms with Crippen molar-refractivity contribution in [3.8, 4) is 17.2 Å². The standard InChI is InChI=1S/C46H58N2O12/c1-4-58-45(54)44-34(25-51)38(29-21-30(24-50)40(53)32(22-29)27-8-9-36-28(20-27)10-14-47-36)39-42(57-3)33-23-37(59-41(33)35(26-52)43(39)60-44)46(55,13-5-6-18-49)31-11-16-48(17-12-31)15-7-19-56-2/h8-10,20,25,30-32,37,49-50,52,55H,4-7,11-19,21-24,26H2,1-3H3. The van der Waals surface area contributed by atoms with Gasteiger partial charge in [0.05, 0.1) is 55.5 Å². The van der Waals surface area contributed by atoms with Crippen LogP contribution in [-0.2, 0) is 36.9 Å². The second-order valence-corrected chi connectivity index (χ2v) is 16.4. The molecule has 1 aliphatic carbocycles. The number of aliphatic hydroxyl groups excluding tert-OH is 3. The molecule has 4 unspecified atom stereocenters. The van der Waals surface area contributed by atoms with Crippen molar-refractivity contribution >= 4 is 29.7 Å². The summed E-state index contributed by atoms with van der Waals surface area (Å²) < 4.78 is 30.0. The fourth-order valence-electron chi connectivity index (χ4n) is 10.0. The molecule has 4 atom stereocenters. The van der Waals surface area contributed by atoms with Crippen molar-refractivity contribution in [2.24, 2.45) is 16.8 Å². The summed E-state index contributed by atoms with van der Waals surface area (Å²) >= 11 is 0. The smallest absolute Gasteiger partial charge is 0.375 e. The van der Waals surface area contributed by atoms with Crippen LogP contribution in [0.2, 0.25) is 0 Å². The molecule has 0 aromatic heterocycles. The number of carbonyl (C=O) groups excluding carboxylic acids is 3. The van der Waals surface area contributed by atoms with Crippen LogP contribution in [0.4, 0.5) is 0 Å². The van der Waals surface area contributed by atoms with Crippen molar-refractivity contribution in [2.45, 2.75) is 88.9 Å². The molecule has 0 amide bonds. The lowest BCUT2D eigenvalue weighted by Gasteiger charge is -2.44. The SMILES string of the molecule is CCOC(=O)C1=C(C=O)C(=C2CC(CO)C(=O)C(c3ccc4c(c3)=CCN=4)C2)c2c(OC)c3c(c(CO)c2O1)OC(C(O)(CCCCO)C1CCN(CCCOC)CC1)C3. The van der Waals surface area contributed by atoms with E-state index >= 15 is 0 Å². The van der Waals surface area contributed by atoms with Crippen molar-refractivity contribution in [3.63, 3.8) is 0 Å². The quantitative estimate of drug-likeness (QED) is 0.103. The average molecular weight is 831 g/mol. The van der Waals surface area contributed by atoms with Gasteiger partial charge in [-0.15, -0.1) is 0 Å². The van der Waals surface area contributed by atoms with E-state index in [0.29, 0.717) is 61.0 Å². The first-order valence-corrected chi connectivity index (χ1v) is 21.3. The summed E-state index contributed by atoms with van der Waals surface area (Å²) in [4.78, 5) is 47.9. The molecule has 7 rings (SSSR count). The van der Waals surface area contributed by atoms with Crippen molar-refractivity contribution < 1.29 is 58.5 Å². The first-order chi connectivity index (χ1) is 29.1. The fraction of sp³-hybridized carbons (Fsp3) is 0.565. The zero-order chi connectivity index (χ0) is 42.6. The van der Waals surface area contributed by atoms with Crippen LogP contribution in [-0.4, -0.2) is 122 Å². The lowest BCUT2D eigenvalue weighted by atomic mass is 9.71. The molecule has 4 aliphatic heterocycles. The van der Waals surface area contributed by atoms with Gasteiger partial charge in [0, 0.05) is 56.3 Å². The lowest BCUT2D eigenvalue weighted by Crippen LogP contribution is -2.54. The van der Waals surface area contributed by atoms with Crippen LogP contribution in [0, 0.1) is 11.8 Å². The van der Waals surface area contributed by atoms with Crippen molar-refractivity contribution in [2.75, 3.05) is 66.8 Å². The highest BCUT2D eigenvalue weighted by Crippen LogP contribution is 2.57. The average Bonchev–Trinajstić information content (AvgIpc) is 3.93. The number of aldehydes is 1. The van der Waals surface area contributed by atoms with Crippen LogP contribution in [0.3, 0.4) is 0 Å². The number of unbranched alkanes of at least 4 members (excludes halogenated alkanes) is 1. The third-order valence-corrected chi connectivity index (χ3v) is 13.1. The predicted molar refractivity (Wildman–Crippen MR) is 220 cm³/mol. The highest BCUT2D eigenvalue weighted by atomic mass is 16.6. The number of fused-ring (bicyclic) bond motifs is 3. The van der Waals surface area contributed by atoms with Gasteiger partial charge in [-0.25, -0.2) is 4.79 Å². The maximum atomic E-state index is 14.0. The first-order valence-electron chi connectivity index (χ1n) is 21.3. The Balaban J connectivity index is 1.36. The van der Waals surface area contributed by atoms with Gasteiger partial charge in [0.1, 0.15) is 34.7 Å². The number of esters is 1. The Morgan fingerprint density at radius 2 is 1.87 bits per heavy atom. The summed E-state index contributed by atoms with van der Waals surface area (Å²) in [7, 11) is 3.18. The van der Waals surface area contributed by atoms with E-state index in [9.17, 15) is 34.8 Å². The Morgan fingerprint density at radius 1 is 1.07 bits per heavy atom. The Morgan fingerprint density at radius 3 is 2.55 bits per heavy atom. The van der Waals surface area contributed by atoms with E-state index in [-0.39, 0.29) is 78.3 Å². The number of hydrogen-bond acceptors (Lipinski definition) is 14. The number of rotatable bonds is 17. The summed E-state index contributed by atoms with van der Waals surface area (Å²) in [5, 5.41) is 46.1. The fourth-order valence-corrected chi connectivity index (χ4v) is 10.0. The molecule has 2 fully saturated rings. The lowest BCUT2D eigenvalue weighted by molar-refractivity contribution is -0.141. The van der Waals surface area contributed by atoms with Gasteiger partial charge in [-0.05, 0) is 100 Å². The first kappa shape index (κ1) is 43.6. The maximum absolute atomic E-state index is 14.0. The molecule has 2 aromatic rings. The van der Waals surface area contributed by atoms with Gasteiger partial charge in [0.2, 0.25) is 5.76 Å². The second-order valence-electron chi connectivity index (χ2n) is 16.4. The highest BCUT2D eigenvalue weighted by molar-refractivity contribution is 6.11. The number of allylic oxidation sites excluding steroid dienone is 3. The number of ether oxygens (including phenoxy) is 5. The normalized spacial score (nSPS) is 23.7. The molecule has 324 valence electrons. The molecular formula is C46H58N2O12.